The number of carboxylic acids is 1. The first-order valence-corrected chi connectivity index (χ1v) is 12.1. The molecule has 1 aliphatic rings. The molecule has 198 valence electrons. The van der Waals surface area contributed by atoms with Gasteiger partial charge in [0, 0.05) is 24.3 Å². The SMILES string of the molecule is Cc1ccc(NCC2CCN(C)C2)cc1C(=O)N[C@H](C)c1cccc2ccccc12.O=C(O)C(F)(F)F. The molecule has 9 heteroatoms. The van der Waals surface area contributed by atoms with Crippen LogP contribution in [0.15, 0.2) is 60.7 Å². The monoisotopic (exact) mass is 515 g/mol. The minimum absolute atomic E-state index is 0.0304. The predicted octanol–water partition coefficient (Wildman–Crippen LogP) is 5.64. The third kappa shape index (κ3) is 7.69. The molecule has 3 aromatic carbocycles. The van der Waals surface area contributed by atoms with Crippen molar-refractivity contribution in [1.82, 2.24) is 10.2 Å². The van der Waals surface area contributed by atoms with Gasteiger partial charge >= 0.3 is 12.1 Å². The summed E-state index contributed by atoms with van der Waals surface area (Å²) in [5.74, 6) is -2.12. The number of nitrogens with zero attached hydrogens (tertiary/aromatic N) is 1. The van der Waals surface area contributed by atoms with Gasteiger partial charge in [0.2, 0.25) is 0 Å². The number of carboxylic acid groups (broad SMARTS) is 1. The Hall–Kier alpha value is -3.59. The Bertz CT molecular complexity index is 1240. The Balaban J connectivity index is 0.000000479. The molecule has 1 amide bonds. The Morgan fingerprint density at radius 2 is 1.78 bits per heavy atom. The standard InChI is InChI=1S/C26H31N3O.C2HF3O2/c1-18-11-12-22(27-16-20-13-14-29(3)17-20)15-25(18)26(30)28-19(2)23-10-6-8-21-7-4-5-9-24(21)23;3-2(4,5)1(6)7/h4-12,15,19-20,27H,13-14,16-17H2,1-3H3,(H,28,30);(H,6,7)/t19-,20?;/m1./s1. The molecule has 1 aliphatic heterocycles. The Morgan fingerprint density at radius 3 is 2.43 bits per heavy atom. The molecule has 3 aromatic rings. The van der Waals surface area contributed by atoms with Gasteiger partial charge in [-0.25, -0.2) is 4.79 Å². The fourth-order valence-electron chi connectivity index (χ4n) is 4.41. The van der Waals surface area contributed by atoms with Crippen LogP contribution < -0.4 is 10.6 Å². The van der Waals surface area contributed by atoms with E-state index >= 15 is 0 Å². The first-order valence-electron chi connectivity index (χ1n) is 12.1. The Labute approximate surface area is 214 Å². The molecular weight excluding hydrogens is 483 g/mol. The average molecular weight is 516 g/mol. The minimum atomic E-state index is -5.08. The topological polar surface area (TPSA) is 81.7 Å². The van der Waals surface area contributed by atoms with Gasteiger partial charge in [-0.05, 0) is 73.8 Å². The number of carbonyl (C=O) groups is 2. The number of nitrogens with one attached hydrogen (secondary N) is 2. The minimum Gasteiger partial charge on any atom is -0.475 e. The molecule has 1 fully saturated rings. The van der Waals surface area contributed by atoms with Crippen LogP contribution in [0.5, 0.6) is 0 Å². The van der Waals surface area contributed by atoms with Crippen molar-refractivity contribution < 1.29 is 27.9 Å². The molecule has 0 bridgehead atoms. The van der Waals surface area contributed by atoms with Crippen LogP contribution in [0.1, 0.15) is 40.9 Å². The molecule has 0 spiro atoms. The van der Waals surface area contributed by atoms with Crippen molar-refractivity contribution in [3.8, 4) is 0 Å². The van der Waals surface area contributed by atoms with E-state index in [4.69, 9.17) is 9.90 Å². The van der Waals surface area contributed by atoms with Crippen LogP contribution in [-0.4, -0.2) is 54.7 Å². The number of anilines is 1. The lowest BCUT2D eigenvalue weighted by molar-refractivity contribution is -0.192. The zero-order valence-corrected chi connectivity index (χ0v) is 21.1. The van der Waals surface area contributed by atoms with Gasteiger partial charge in [-0.2, -0.15) is 13.2 Å². The summed E-state index contributed by atoms with van der Waals surface area (Å²) in [5.41, 5.74) is 3.87. The van der Waals surface area contributed by atoms with Crippen LogP contribution in [-0.2, 0) is 4.79 Å². The zero-order chi connectivity index (χ0) is 27.2. The first-order chi connectivity index (χ1) is 17.5. The largest absolute Gasteiger partial charge is 0.490 e. The molecule has 37 heavy (non-hydrogen) atoms. The number of benzene rings is 3. The smallest absolute Gasteiger partial charge is 0.475 e. The molecule has 1 unspecified atom stereocenters. The van der Waals surface area contributed by atoms with Gasteiger partial charge in [0.25, 0.3) is 5.91 Å². The normalized spacial score (nSPS) is 16.5. The van der Waals surface area contributed by atoms with Crippen molar-refractivity contribution in [1.29, 1.82) is 0 Å². The highest BCUT2D eigenvalue weighted by Crippen LogP contribution is 2.25. The van der Waals surface area contributed by atoms with E-state index in [1.165, 1.54) is 23.7 Å². The summed E-state index contributed by atoms with van der Waals surface area (Å²) >= 11 is 0. The third-order valence-corrected chi connectivity index (χ3v) is 6.45. The highest BCUT2D eigenvalue weighted by atomic mass is 19.4. The van der Waals surface area contributed by atoms with Crippen molar-refractivity contribution >= 4 is 28.3 Å². The molecule has 4 rings (SSSR count). The predicted molar refractivity (Wildman–Crippen MR) is 139 cm³/mol. The van der Waals surface area contributed by atoms with E-state index in [1.54, 1.807) is 0 Å². The maximum Gasteiger partial charge on any atom is 0.490 e. The summed E-state index contributed by atoms with van der Waals surface area (Å²) < 4.78 is 31.7. The van der Waals surface area contributed by atoms with E-state index in [-0.39, 0.29) is 11.9 Å². The van der Waals surface area contributed by atoms with Crippen molar-refractivity contribution in [2.75, 3.05) is 32.0 Å². The van der Waals surface area contributed by atoms with Crippen LogP contribution in [0, 0.1) is 12.8 Å². The molecule has 1 heterocycles. The summed E-state index contributed by atoms with van der Waals surface area (Å²) in [4.78, 5) is 24.4. The molecule has 0 aliphatic carbocycles. The molecule has 0 saturated carbocycles. The summed E-state index contributed by atoms with van der Waals surface area (Å²) in [7, 11) is 2.17. The van der Waals surface area contributed by atoms with Gasteiger partial charge in [-0.15, -0.1) is 0 Å². The number of hydrogen-bond donors (Lipinski definition) is 3. The van der Waals surface area contributed by atoms with Crippen LogP contribution in [0.25, 0.3) is 10.8 Å². The van der Waals surface area contributed by atoms with Crippen LogP contribution >= 0.6 is 0 Å². The zero-order valence-electron chi connectivity index (χ0n) is 21.1. The average Bonchev–Trinajstić information content (AvgIpc) is 3.27. The Kier molecular flexibility index (Phi) is 9.15. The number of carbonyl (C=O) groups excluding carboxylic acids is 1. The van der Waals surface area contributed by atoms with Gasteiger partial charge in [-0.3, -0.25) is 4.79 Å². The fraction of sp³-hybridized carbons (Fsp3) is 0.357. The van der Waals surface area contributed by atoms with Crippen molar-refractivity contribution in [2.24, 2.45) is 5.92 Å². The summed E-state index contributed by atoms with van der Waals surface area (Å²) in [6.45, 7) is 7.29. The van der Waals surface area contributed by atoms with E-state index in [9.17, 15) is 18.0 Å². The highest BCUT2D eigenvalue weighted by Gasteiger charge is 2.38. The maximum absolute atomic E-state index is 13.1. The van der Waals surface area contributed by atoms with Crippen molar-refractivity contribution in [3.63, 3.8) is 0 Å². The third-order valence-electron chi connectivity index (χ3n) is 6.45. The number of aliphatic carboxylic acids is 1. The van der Waals surface area contributed by atoms with Crippen molar-refractivity contribution in [2.45, 2.75) is 32.5 Å². The molecule has 0 aromatic heterocycles. The molecule has 3 N–H and O–H groups in total. The van der Waals surface area contributed by atoms with Gasteiger partial charge < -0.3 is 20.6 Å². The van der Waals surface area contributed by atoms with Crippen LogP contribution in [0.4, 0.5) is 18.9 Å². The summed E-state index contributed by atoms with van der Waals surface area (Å²) in [5, 5.41) is 16.2. The fourth-order valence-corrected chi connectivity index (χ4v) is 4.41. The van der Waals surface area contributed by atoms with Crippen molar-refractivity contribution in [3.05, 3.63) is 77.4 Å². The number of amides is 1. The quantitative estimate of drug-likeness (QED) is 0.396. The highest BCUT2D eigenvalue weighted by molar-refractivity contribution is 5.97. The number of rotatable bonds is 6. The number of hydrogen-bond acceptors (Lipinski definition) is 4. The molecule has 2 atom stereocenters. The van der Waals surface area contributed by atoms with E-state index in [2.05, 4.69) is 59.0 Å². The van der Waals surface area contributed by atoms with E-state index in [0.29, 0.717) is 5.92 Å². The van der Waals surface area contributed by atoms with Gasteiger partial charge in [0.15, 0.2) is 0 Å². The lowest BCUT2D eigenvalue weighted by Crippen LogP contribution is -2.27. The number of aryl methyl sites for hydroxylation is 1. The van der Waals surface area contributed by atoms with Gasteiger partial charge in [0.1, 0.15) is 0 Å². The second kappa shape index (κ2) is 12.1. The summed E-state index contributed by atoms with van der Waals surface area (Å²) in [6.07, 6.45) is -3.86. The first kappa shape index (κ1) is 28.0. The van der Waals surface area contributed by atoms with E-state index < -0.39 is 12.1 Å². The molecule has 0 radical (unpaired) electrons. The second-order valence-electron chi connectivity index (χ2n) is 9.39. The van der Waals surface area contributed by atoms with E-state index in [0.717, 1.165) is 35.5 Å². The lowest BCUT2D eigenvalue weighted by Gasteiger charge is -2.18. The van der Waals surface area contributed by atoms with Gasteiger partial charge in [-0.1, -0.05) is 48.5 Å². The molecule has 6 nitrogen and oxygen atoms in total. The molecular formula is C28H32F3N3O3. The maximum atomic E-state index is 13.1. The molecule has 1 saturated heterocycles. The van der Waals surface area contributed by atoms with Crippen LogP contribution in [0.2, 0.25) is 0 Å². The number of likely N-dealkylation sites (tertiary alicyclic amines) is 1. The second-order valence-corrected chi connectivity index (χ2v) is 9.39. The van der Waals surface area contributed by atoms with Crippen LogP contribution in [0.3, 0.4) is 0 Å². The Morgan fingerprint density at radius 1 is 1.11 bits per heavy atom. The number of alkyl halides is 3. The number of halogens is 3. The lowest BCUT2D eigenvalue weighted by atomic mass is 9.99. The number of fused-ring (bicyclic) bond motifs is 1. The van der Waals surface area contributed by atoms with E-state index in [1.807, 2.05) is 38.1 Å². The summed E-state index contributed by atoms with van der Waals surface area (Å²) in [6, 6.07) is 20.6. The van der Waals surface area contributed by atoms with Gasteiger partial charge in [0.05, 0.1) is 6.04 Å².